The van der Waals surface area contributed by atoms with Crippen molar-refractivity contribution in [2.24, 2.45) is 0 Å². The third kappa shape index (κ3) is 2.39. The lowest BCUT2D eigenvalue weighted by Crippen LogP contribution is -1.93. The molecular weight excluding hydrogens is 547 g/mol. The standard InChI is InChI=1S/C30H17IN2S/c31-33-24-11-5-2-9-21(24)30-26(33)15-14-25-29(30)20-8-1-4-10-23(20)32(25)18-13-16-28-22(17-18)19-7-3-6-12-27(19)34-28/h1-17H. The molecule has 0 atom stereocenters. The predicted octanol–water partition coefficient (Wildman–Crippen LogP) is 9.46. The van der Waals surface area contributed by atoms with Gasteiger partial charge in [0.2, 0.25) is 0 Å². The van der Waals surface area contributed by atoms with Gasteiger partial charge in [-0.15, -0.1) is 11.3 Å². The van der Waals surface area contributed by atoms with Crippen LogP contribution in [0.5, 0.6) is 0 Å². The number of nitrogens with zero attached hydrogens (tertiary/aromatic N) is 2. The number of aromatic nitrogens is 2. The first-order valence-corrected chi connectivity index (χ1v) is 13.1. The smallest absolute Gasteiger partial charge is 0.0646 e. The van der Waals surface area contributed by atoms with E-state index in [0.717, 1.165) is 0 Å². The summed E-state index contributed by atoms with van der Waals surface area (Å²) in [5.74, 6) is 0. The summed E-state index contributed by atoms with van der Waals surface area (Å²) in [6.07, 6.45) is 0. The summed E-state index contributed by atoms with van der Waals surface area (Å²) in [6.45, 7) is 0. The zero-order valence-electron chi connectivity index (χ0n) is 18.0. The summed E-state index contributed by atoms with van der Waals surface area (Å²) in [5, 5.41) is 7.93. The molecular formula is C30H17IN2S. The summed E-state index contributed by atoms with van der Waals surface area (Å²) < 4.78 is 7.40. The quantitative estimate of drug-likeness (QED) is 0.176. The lowest BCUT2D eigenvalue weighted by molar-refractivity contribution is 1.19. The van der Waals surface area contributed by atoms with Crippen LogP contribution in [0.2, 0.25) is 0 Å². The number of benzene rings is 5. The Bertz CT molecular complexity index is 2090. The van der Waals surface area contributed by atoms with Crippen molar-refractivity contribution in [1.29, 1.82) is 0 Å². The maximum Gasteiger partial charge on any atom is 0.0646 e. The molecule has 0 saturated heterocycles. The van der Waals surface area contributed by atoms with Gasteiger partial charge in [0.1, 0.15) is 0 Å². The van der Waals surface area contributed by atoms with E-state index in [0.29, 0.717) is 0 Å². The first kappa shape index (κ1) is 19.0. The molecule has 3 aromatic heterocycles. The molecule has 0 aliphatic carbocycles. The third-order valence-electron chi connectivity index (χ3n) is 7.03. The summed E-state index contributed by atoms with van der Waals surface area (Å²) in [4.78, 5) is 0. The van der Waals surface area contributed by atoms with E-state index in [9.17, 15) is 0 Å². The molecule has 0 spiro atoms. The first-order chi connectivity index (χ1) is 16.8. The number of rotatable bonds is 1. The summed E-state index contributed by atoms with van der Waals surface area (Å²) >= 11 is 4.30. The second-order valence-electron chi connectivity index (χ2n) is 8.78. The average molecular weight is 564 g/mol. The molecule has 0 aliphatic rings. The molecule has 0 N–H and O–H groups in total. The summed E-state index contributed by atoms with van der Waals surface area (Å²) in [6, 6.07) is 37.8. The Labute approximate surface area is 213 Å². The SMILES string of the molecule is In1c2ccccc2c2c3c4ccccc4n(-c4ccc5sc6ccccc6c5c4)c3ccc21. The average Bonchev–Trinajstić information content (AvgIpc) is 3.52. The van der Waals surface area contributed by atoms with Gasteiger partial charge in [-0.25, -0.2) is 0 Å². The van der Waals surface area contributed by atoms with E-state index in [1.54, 1.807) is 0 Å². The number of thiophene rings is 1. The molecule has 160 valence electrons. The molecule has 5 aromatic carbocycles. The van der Waals surface area contributed by atoms with Crippen LogP contribution < -0.4 is 0 Å². The molecule has 8 rings (SSSR count). The fraction of sp³-hybridized carbons (Fsp3) is 0. The van der Waals surface area contributed by atoms with Gasteiger partial charge in [-0.2, -0.15) is 0 Å². The normalized spacial score (nSPS) is 12.3. The maximum absolute atomic E-state index is 2.44. The van der Waals surface area contributed by atoms with Gasteiger partial charge in [0.05, 0.1) is 44.9 Å². The van der Waals surface area contributed by atoms with Crippen molar-refractivity contribution < 1.29 is 0 Å². The Morgan fingerprint density at radius 2 is 1.12 bits per heavy atom. The highest BCUT2D eigenvalue weighted by atomic mass is 127. The van der Waals surface area contributed by atoms with E-state index in [2.05, 4.69) is 133 Å². The molecule has 8 aromatic rings. The van der Waals surface area contributed by atoms with Crippen molar-refractivity contribution in [2.75, 3.05) is 0 Å². The summed E-state index contributed by atoms with van der Waals surface area (Å²) in [7, 11) is 0. The fourth-order valence-corrected chi connectivity index (χ4v) is 7.51. The minimum atomic E-state index is 1.21. The van der Waals surface area contributed by atoms with E-state index < -0.39 is 0 Å². The van der Waals surface area contributed by atoms with Gasteiger partial charge in [0.25, 0.3) is 0 Å². The second-order valence-corrected chi connectivity index (χ2v) is 10.8. The molecule has 34 heavy (non-hydrogen) atoms. The van der Waals surface area contributed by atoms with Gasteiger partial charge >= 0.3 is 0 Å². The minimum absolute atomic E-state index is 1.21. The van der Waals surface area contributed by atoms with Crippen molar-refractivity contribution in [3.8, 4) is 5.69 Å². The predicted molar refractivity (Wildman–Crippen MR) is 156 cm³/mol. The minimum Gasteiger partial charge on any atom is -0.309 e. The van der Waals surface area contributed by atoms with Crippen LogP contribution >= 0.6 is 34.2 Å². The van der Waals surface area contributed by atoms with Crippen molar-refractivity contribution in [2.45, 2.75) is 0 Å². The highest BCUT2D eigenvalue weighted by Gasteiger charge is 2.19. The van der Waals surface area contributed by atoms with Gasteiger partial charge < -0.3 is 4.57 Å². The number of halogens is 1. The van der Waals surface area contributed by atoms with E-state index in [-0.39, 0.29) is 0 Å². The zero-order valence-corrected chi connectivity index (χ0v) is 21.0. The molecule has 0 bridgehead atoms. The molecule has 0 aliphatic heterocycles. The monoisotopic (exact) mass is 564 g/mol. The highest BCUT2D eigenvalue weighted by molar-refractivity contribution is 14.1. The largest absolute Gasteiger partial charge is 0.309 e. The van der Waals surface area contributed by atoms with E-state index >= 15 is 0 Å². The van der Waals surface area contributed by atoms with E-state index in [4.69, 9.17) is 0 Å². The van der Waals surface area contributed by atoms with Crippen molar-refractivity contribution in [3.63, 3.8) is 0 Å². The Hall–Kier alpha value is -3.35. The second kappa shape index (κ2) is 6.84. The zero-order chi connectivity index (χ0) is 22.4. The molecule has 0 unspecified atom stereocenters. The van der Waals surface area contributed by atoms with Crippen LogP contribution in [-0.2, 0) is 0 Å². The van der Waals surface area contributed by atoms with Gasteiger partial charge in [0, 0.05) is 47.4 Å². The van der Waals surface area contributed by atoms with Crippen molar-refractivity contribution in [1.82, 2.24) is 7.35 Å². The Morgan fingerprint density at radius 3 is 1.97 bits per heavy atom. The Balaban J connectivity index is 1.56. The molecule has 3 heterocycles. The molecule has 0 fully saturated rings. The fourth-order valence-electron chi connectivity index (χ4n) is 5.60. The Kier molecular flexibility index (Phi) is 3.82. The number of para-hydroxylation sites is 2. The van der Waals surface area contributed by atoms with Crippen molar-refractivity contribution in [3.05, 3.63) is 103 Å². The van der Waals surface area contributed by atoms with Crippen LogP contribution in [0.4, 0.5) is 0 Å². The number of hydrogen-bond donors (Lipinski definition) is 0. The molecule has 0 amide bonds. The molecule has 0 saturated carbocycles. The topological polar surface area (TPSA) is 9.86 Å². The third-order valence-corrected chi connectivity index (χ3v) is 9.22. The lowest BCUT2D eigenvalue weighted by Gasteiger charge is -2.08. The lowest BCUT2D eigenvalue weighted by atomic mass is 10.1. The van der Waals surface area contributed by atoms with E-state index in [1.807, 2.05) is 11.3 Å². The van der Waals surface area contributed by atoms with E-state index in [1.165, 1.54) is 69.5 Å². The molecule has 0 radical (unpaired) electrons. The van der Waals surface area contributed by atoms with Crippen LogP contribution in [0.1, 0.15) is 0 Å². The summed E-state index contributed by atoms with van der Waals surface area (Å²) in [5.41, 5.74) is 6.22. The van der Waals surface area contributed by atoms with Crippen molar-refractivity contribution >= 4 is 98.0 Å². The van der Waals surface area contributed by atoms with Crippen LogP contribution in [0.25, 0.3) is 69.5 Å². The van der Waals surface area contributed by atoms with Crippen LogP contribution in [0.3, 0.4) is 0 Å². The van der Waals surface area contributed by atoms with Gasteiger partial charge in [-0.05, 0) is 48.5 Å². The Morgan fingerprint density at radius 1 is 0.500 bits per heavy atom. The number of hydrogen-bond acceptors (Lipinski definition) is 1. The maximum atomic E-state index is 2.44. The van der Waals surface area contributed by atoms with Crippen LogP contribution in [0, 0.1) is 0 Å². The van der Waals surface area contributed by atoms with Crippen LogP contribution in [-0.4, -0.2) is 7.35 Å². The number of fused-ring (bicyclic) bond motifs is 10. The molecule has 2 nitrogen and oxygen atoms in total. The van der Waals surface area contributed by atoms with Gasteiger partial charge in [0.15, 0.2) is 0 Å². The first-order valence-electron chi connectivity index (χ1n) is 11.3. The highest BCUT2D eigenvalue weighted by Crippen LogP contribution is 2.42. The molecule has 4 heteroatoms. The van der Waals surface area contributed by atoms with Crippen LogP contribution in [0.15, 0.2) is 103 Å². The van der Waals surface area contributed by atoms with Gasteiger partial charge in [-0.1, -0.05) is 54.6 Å². The van der Waals surface area contributed by atoms with Gasteiger partial charge in [-0.3, -0.25) is 2.78 Å².